The Kier molecular flexibility index (Phi) is 5.48. The minimum absolute atomic E-state index is 0.223. The van der Waals surface area contributed by atoms with Gasteiger partial charge in [-0.1, -0.05) is 25.1 Å². The van der Waals surface area contributed by atoms with E-state index in [1.807, 2.05) is 37.3 Å². The highest BCUT2D eigenvalue weighted by Crippen LogP contribution is 2.08. The Morgan fingerprint density at radius 2 is 1.88 bits per heavy atom. The third-order valence-electron chi connectivity index (χ3n) is 2.90. The molecule has 0 amide bonds. The predicted molar refractivity (Wildman–Crippen MR) is 73.1 cm³/mol. The zero-order chi connectivity index (χ0) is 12.7. The second kappa shape index (κ2) is 6.64. The molecular formula is C13H21NO2S. The van der Waals surface area contributed by atoms with Crippen molar-refractivity contribution in [3.05, 3.63) is 30.3 Å². The molecule has 1 rings (SSSR count). The molecule has 0 saturated heterocycles. The Labute approximate surface area is 104 Å². The number of anilines is 1. The number of rotatable bonds is 7. The van der Waals surface area contributed by atoms with E-state index in [0.29, 0.717) is 19.4 Å². The zero-order valence-corrected chi connectivity index (χ0v) is 11.3. The van der Waals surface area contributed by atoms with E-state index in [9.17, 15) is 8.42 Å². The smallest absolute Gasteiger partial charge is 0.152 e. The van der Waals surface area contributed by atoms with E-state index in [4.69, 9.17) is 0 Å². The van der Waals surface area contributed by atoms with Crippen LogP contribution in [0.3, 0.4) is 0 Å². The van der Waals surface area contributed by atoms with Crippen LogP contribution in [-0.4, -0.2) is 26.0 Å². The van der Waals surface area contributed by atoms with Crippen LogP contribution in [0.25, 0.3) is 0 Å². The van der Waals surface area contributed by atoms with Gasteiger partial charge in [-0.25, -0.2) is 8.42 Å². The molecule has 17 heavy (non-hydrogen) atoms. The summed E-state index contributed by atoms with van der Waals surface area (Å²) in [5, 5.41) is 2.99. The Balaban J connectivity index is 2.30. The maximum atomic E-state index is 11.7. The summed E-state index contributed by atoms with van der Waals surface area (Å²) < 4.78 is 23.5. The van der Waals surface area contributed by atoms with Gasteiger partial charge in [0, 0.05) is 12.2 Å². The number of nitrogens with one attached hydrogen (secondary N) is 1. The lowest BCUT2D eigenvalue weighted by atomic mass is 10.3. The maximum Gasteiger partial charge on any atom is 0.152 e. The van der Waals surface area contributed by atoms with Crippen molar-refractivity contribution in [3.63, 3.8) is 0 Å². The SMILES string of the molecule is CCC(C)S(=O)(=O)CCCNc1ccccc1. The second-order valence-corrected chi connectivity index (χ2v) is 6.77. The van der Waals surface area contributed by atoms with E-state index < -0.39 is 9.84 Å². The molecule has 0 radical (unpaired) electrons. The van der Waals surface area contributed by atoms with Crippen LogP contribution in [0.15, 0.2) is 30.3 Å². The van der Waals surface area contributed by atoms with Crippen LogP contribution in [0.5, 0.6) is 0 Å². The molecule has 0 fully saturated rings. The lowest BCUT2D eigenvalue weighted by molar-refractivity contribution is 0.579. The summed E-state index contributed by atoms with van der Waals surface area (Å²) in [6.45, 7) is 4.38. The molecule has 1 atom stereocenters. The Bertz CT molecular complexity index is 414. The monoisotopic (exact) mass is 255 g/mol. The van der Waals surface area contributed by atoms with Crippen LogP contribution >= 0.6 is 0 Å². The molecule has 3 nitrogen and oxygen atoms in total. The predicted octanol–water partition coefficient (Wildman–Crippen LogP) is 2.70. The normalized spacial score (nSPS) is 13.3. The van der Waals surface area contributed by atoms with E-state index in [-0.39, 0.29) is 11.0 Å². The highest BCUT2D eigenvalue weighted by Gasteiger charge is 2.17. The number of sulfone groups is 1. The maximum absolute atomic E-state index is 11.7. The van der Waals surface area contributed by atoms with Crippen LogP contribution in [0, 0.1) is 0 Å². The number of hydrogen-bond acceptors (Lipinski definition) is 3. The summed E-state index contributed by atoms with van der Waals surface area (Å²) in [7, 11) is -2.90. The molecule has 0 saturated carbocycles. The van der Waals surface area contributed by atoms with Crippen LogP contribution in [0.1, 0.15) is 26.7 Å². The fraction of sp³-hybridized carbons (Fsp3) is 0.538. The van der Waals surface area contributed by atoms with Gasteiger partial charge in [0.15, 0.2) is 9.84 Å². The number of hydrogen-bond donors (Lipinski definition) is 1. The molecule has 96 valence electrons. The molecule has 0 bridgehead atoms. The Hall–Kier alpha value is -1.03. The first-order valence-electron chi connectivity index (χ1n) is 6.06. The highest BCUT2D eigenvalue weighted by atomic mass is 32.2. The van der Waals surface area contributed by atoms with Crippen molar-refractivity contribution < 1.29 is 8.42 Å². The van der Waals surface area contributed by atoms with Crippen molar-refractivity contribution in [1.29, 1.82) is 0 Å². The van der Waals surface area contributed by atoms with E-state index >= 15 is 0 Å². The average molecular weight is 255 g/mol. The van der Waals surface area contributed by atoms with Gasteiger partial charge in [0.05, 0.1) is 11.0 Å². The summed E-state index contributed by atoms with van der Waals surface area (Å²) in [6.07, 6.45) is 1.34. The molecule has 1 aromatic carbocycles. The Morgan fingerprint density at radius 3 is 2.47 bits per heavy atom. The van der Waals surface area contributed by atoms with Crippen molar-refractivity contribution in [2.75, 3.05) is 17.6 Å². The molecule has 1 unspecified atom stereocenters. The second-order valence-electron chi connectivity index (χ2n) is 4.23. The first kappa shape index (κ1) is 14.0. The van der Waals surface area contributed by atoms with Crippen molar-refractivity contribution in [2.24, 2.45) is 0 Å². The summed E-state index contributed by atoms with van der Waals surface area (Å²) in [4.78, 5) is 0. The topological polar surface area (TPSA) is 46.2 Å². The van der Waals surface area contributed by atoms with Gasteiger partial charge in [-0.2, -0.15) is 0 Å². The zero-order valence-electron chi connectivity index (χ0n) is 10.5. The molecule has 4 heteroatoms. The summed E-state index contributed by atoms with van der Waals surface area (Å²) in [6, 6.07) is 9.82. The molecule has 0 aromatic heterocycles. The molecule has 1 N–H and O–H groups in total. The van der Waals surface area contributed by atoms with Crippen LogP contribution in [-0.2, 0) is 9.84 Å². The minimum atomic E-state index is -2.90. The number of para-hydroxylation sites is 1. The molecular weight excluding hydrogens is 234 g/mol. The van der Waals surface area contributed by atoms with Gasteiger partial charge in [-0.3, -0.25) is 0 Å². The van der Waals surface area contributed by atoms with Crippen LogP contribution in [0.4, 0.5) is 5.69 Å². The third-order valence-corrected chi connectivity index (χ3v) is 5.31. The summed E-state index contributed by atoms with van der Waals surface area (Å²) in [5.74, 6) is 0.266. The van der Waals surface area contributed by atoms with Crippen molar-refractivity contribution >= 4 is 15.5 Å². The van der Waals surface area contributed by atoms with Gasteiger partial charge in [0.1, 0.15) is 0 Å². The number of benzene rings is 1. The van der Waals surface area contributed by atoms with Crippen molar-refractivity contribution in [2.45, 2.75) is 31.9 Å². The van der Waals surface area contributed by atoms with E-state index in [2.05, 4.69) is 5.32 Å². The summed E-state index contributed by atoms with van der Waals surface area (Å²) >= 11 is 0. The van der Waals surface area contributed by atoms with E-state index in [0.717, 1.165) is 5.69 Å². The van der Waals surface area contributed by atoms with Crippen molar-refractivity contribution in [3.8, 4) is 0 Å². The van der Waals surface area contributed by atoms with E-state index in [1.54, 1.807) is 6.92 Å². The minimum Gasteiger partial charge on any atom is -0.385 e. The van der Waals surface area contributed by atoms with Gasteiger partial charge in [0.2, 0.25) is 0 Å². The van der Waals surface area contributed by atoms with Gasteiger partial charge >= 0.3 is 0 Å². The molecule has 0 aliphatic rings. The fourth-order valence-electron chi connectivity index (χ4n) is 1.52. The quantitative estimate of drug-likeness (QED) is 0.762. The molecule has 0 spiro atoms. The van der Waals surface area contributed by atoms with Crippen LogP contribution < -0.4 is 5.32 Å². The highest BCUT2D eigenvalue weighted by molar-refractivity contribution is 7.91. The largest absolute Gasteiger partial charge is 0.385 e. The summed E-state index contributed by atoms with van der Waals surface area (Å²) in [5.41, 5.74) is 1.04. The molecule has 0 heterocycles. The van der Waals surface area contributed by atoms with Gasteiger partial charge in [0.25, 0.3) is 0 Å². The lowest BCUT2D eigenvalue weighted by Gasteiger charge is -2.11. The standard InChI is InChI=1S/C13H21NO2S/c1-3-12(2)17(15,16)11-7-10-14-13-8-5-4-6-9-13/h4-6,8-9,12,14H,3,7,10-11H2,1-2H3. The van der Waals surface area contributed by atoms with Gasteiger partial charge < -0.3 is 5.32 Å². The fourth-order valence-corrected chi connectivity index (χ4v) is 2.97. The lowest BCUT2D eigenvalue weighted by Crippen LogP contribution is -2.21. The third kappa shape index (κ3) is 4.77. The first-order valence-corrected chi connectivity index (χ1v) is 7.78. The van der Waals surface area contributed by atoms with Crippen molar-refractivity contribution in [1.82, 2.24) is 0 Å². The van der Waals surface area contributed by atoms with Gasteiger partial charge in [-0.05, 0) is 31.9 Å². The first-order chi connectivity index (χ1) is 8.06. The molecule has 0 aliphatic heterocycles. The van der Waals surface area contributed by atoms with Crippen LogP contribution in [0.2, 0.25) is 0 Å². The Morgan fingerprint density at radius 1 is 1.24 bits per heavy atom. The molecule has 0 aliphatic carbocycles. The van der Waals surface area contributed by atoms with Gasteiger partial charge in [-0.15, -0.1) is 0 Å². The molecule has 1 aromatic rings. The average Bonchev–Trinajstić information content (AvgIpc) is 2.35. The van der Waals surface area contributed by atoms with E-state index in [1.165, 1.54) is 0 Å².